The van der Waals surface area contributed by atoms with Gasteiger partial charge in [-0.3, -0.25) is 4.79 Å². The molecule has 0 radical (unpaired) electrons. The van der Waals surface area contributed by atoms with Crippen molar-refractivity contribution in [2.24, 2.45) is 0 Å². The summed E-state index contributed by atoms with van der Waals surface area (Å²) >= 11 is 0. The molecular weight excluding hydrogens is 516 g/mol. The number of allylic oxidation sites excluding steroid dienone is 1. The molecule has 1 aromatic carbocycles. The second-order valence-electron chi connectivity index (χ2n) is 10.6. The monoisotopic (exact) mass is 546 g/mol. The number of piperazine rings is 1. The van der Waals surface area contributed by atoms with Crippen molar-refractivity contribution in [2.45, 2.75) is 31.5 Å². The Morgan fingerprint density at radius 1 is 0.976 bits per heavy atom. The number of nitrogens with zero attached hydrogens (tertiary/aromatic N) is 9. The number of hydrogen-bond donors (Lipinski definition) is 1. The molecule has 0 aliphatic carbocycles. The first kappa shape index (κ1) is 25.1. The molecule has 206 valence electrons. The van der Waals surface area contributed by atoms with E-state index in [4.69, 9.17) is 9.97 Å². The van der Waals surface area contributed by atoms with E-state index in [2.05, 4.69) is 68.0 Å². The number of hydrogen-bond acceptors (Lipinski definition) is 9. The Morgan fingerprint density at radius 2 is 1.73 bits per heavy atom. The maximum atomic E-state index is 13.3. The lowest BCUT2D eigenvalue weighted by atomic mass is 10.1. The average Bonchev–Trinajstić information content (AvgIpc) is 3.43. The number of nitrogens with one attached hydrogen (secondary N) is 1. The molecule has 4 aromatic heterocycles. The van der Waals surface area contributed by atoms with Crippen molar-refractivity contribution in [3.05, 3.63) is 90.1 Å². The topological polar surface area (TPSA) is 110 Å². The van der Waals surface area contributed by atoms with Gasteiger partial charge in [-0.25, -0.2) is 29.3 Å². The van der Waals surface area contributed by atoms with E-state index in [0.29, 0.717) is 46.4 Å². The van der Waals surface area contributed by atoms with E-state index in [9.17, 15) is 4.79 Å². The summed E-state index contributed by atoms with van der Waals surface area (Å²) in [6.07, 6.45) is 9.05. The van der Waals surface area contributed by atoms with E-state index >= 15 is 0 Å². The standard InChI is InChI=1S/C30H30N10O/c1-3-16-38-29(41)24-17-33-30(34-20-8-10-21(11-9-20)39-22-12-13-23(39)19-37(2)18-22)36-28(24)40(38)26-7-4-6-25(35-26)27-31-14-5-15-32-27/h3-11,14-15,17,22-23H,1,12-13,16,18-19H2,2H3,(H,33,34,36)/t22-,23+. The molecule has 0 saturated carbocycles. The van der Waals surface area contributed by atoms with Gasteiger partial charge in [0.25, 0.3) is 5.56 Å². The molecular formula is C30H30N10O. The van der Waals surface area contributed by atoms with E-state index in [0.717, 1.165) is 18.8 Å². The molecule has 5 aromatic rings. The fourth-order valence-corrected chi connectivity index (χ4v) is 6.09. The number of anilines is 3. The number of likely N-dealkylation sites (tertiary alicyclic amines) is 1. The van der Waals surface area contributed by atoms with Crippen LogP contribution in [0.4, 0.5) is 17.3 Å². The van der Waals surface area contributed by atoms with Crippen LogP contribution in [0.15, 0.2) is 84.6 Å². The summed E-state index contributed by atoms with van der Waals surface area (Å²) in [5, 5.41) is 3.70. The Kier molecular flexibility index (Phi) is 6.27. The Labute approximate surface area is 236 Å². The lowest BCUT2D eigenvalue weighted by Gasteiger charge is -2.41. The number of likely N-dealkylation sites (N-methyl/N-ethyl adjacent to an activating group) is 1. The van der Waals surface area contributed by atoms with E-state index in [1.807, 2.05) is 18.2 Å². The molecule has 2 atom stereocenters. The first-order valence-electron chi connectivity index (χ1n) is 13.8. The Balaban J connectivity index is 1.22. The van der Waals surface area contributed by atoms with Gasteiger partial charge in [0.05, 0.1) is 6.54 Å². The minimum Gasteiger partial charge on any atom is -0.363 e. The molecule has 1 N–H and O–H groups in total. The summed E-state index contributed by atoms with van der Waals surface area (Å²) in [7, 11) is 2.21. The predicted molar refractivity (Wildman–Crippen MR) is 159 cm³/mol. The zero-order valence-corrected chi connectivity index (χ0v) is 22.8. The molecule has 0 amide bonds. The van der Waals surface area contributed by atoms with Gasteiger partial charge in [-0.15, -0.1) is 6.58 Å². The first-order valence-corrected chi connectivity index (χ1v) is 13.8. The molecule has 2 bridgehead atoms. The molecule has 7 rings (SSSR count). The fourth-order valence-electron chi connectivity index (χ4n) is 6.09. The second kappa shape index (κ2) is 10.3. The van der Waals surface area contributed by atoms with Gasteiger partial charge in [0.15, 0.2) is 17.3 Å². The van der Waals surface area contributed by atoms with Crippen molar-refractivity contribution in [1.82, 2.24) is 39.2 Å². The minimum atomic E-state index is -0.222. The van der Waals surface area contributed by atoms with Crippen molar-refractivity contribution in [3.8, 4) is 17.3 Å². The highest BCUT2D eigenvalue weighted by Gasteiger charge is 2.38. The fraction of sp³-hybridized carbons (Fsp3) is 0.267. The quantitative estimate of drug-likeness (QED) is 0.306. The number of pyridine rings is 1. The van der Waals surface area contributed by atoms with Crippen LogP contribution in [0.25, 0.3) is 28.4 Å². The normalized spacial score (nSPS) is 18.6. The highest BCUT2D eigenvalue weighted by molar-refractivity contribution is 5.77. The van der Waals surface area contributed by atoms with Gasteiger partial charge in [-0.2, -0.15) is 4.98 Å². The number of rotatable bonds is 7. The molecule has 0 unspecified atom stereocenters. The molecule has 2 fully saturated rings. The molecule has 41 heavy (non-hydrogen) atoms. The highest BCUT2D eigenvalue weighted by Crippen LogP contribution is 2.35. The van der Waals surface area contributed by atoms with Gasteiger partial charge in [0.2, 0.25) is 5.95 Å². The zero-order chi connectivity index (χ0) is 27.9. The third-order valence-corrected chi connectivity index (χ3v) is 7.81. The van der Waals surface area contributed by atoms with Gasteiger partial charge in [-0.05, 0) is 62.4 Å². The zero-order valence-electron chi connectivity index (χ0n) is 22.8. The van der Waals surface area contributed by atoms with Crippen molar-refractivity contribution in [2.75, 3.05) is 30.4 Å². The Hall–Kier alpha value is -4.90. The van der Waals surface area contributed by atoms with Crippen LogP contribution in [-0.4, -0.2) is 71.4 Å². The van der Waals surface area contributed by atoms with Crippen LogP contribution in [0, 0.1) is 0 Å². The van der Waals surface area contributed by atoms with Crippen molar-refractivity contribution < 1.29 is 0 Å². The summed E-state index contributed by atoms with van der Waals surface area (Å²) in [4.78, 5) is 41.0. The van der Waals surface area contributed by atoms with Gasteiger partial charge in [-0.1, -0.05) is 12.1 Å². The summed E-state index contributed by atoms with van der Waals surface area (Å²) in [6.45, 7) is 6.32. The van der Waals surface area contributed by atoms with Gasteiger partial charge < -0.3 is 15.1 Å². The van der Waals surface area contributed by atoms with Crippen LogP contribution in [0.2, 0.25) is 0 Å². The van der Waals surface area contributed by atoms with Crippen LogP contribution in [0.1, 0.15) is 12.8 Å². The third kappa shape index (κ3) is 4.53. The van der Waals surface area contributed by atoms with Crippen molar-refractivity contribution >= 4 is 28.4 Å². The molecule has 2 aliphatic heterocycles. The van der Waals surface area contributed by atoms with E-state index in [1.165, 1.54) is 18.5 Å². The molecule has 11 heteroatoms. The molecule has 0 spiro atoms. The first-order chi connectivity index (χ1) is 20.1. The summed E-state index contributed by atoms with van der Waals surface area (Å²) in [5.74, 6) is 1.39. The maximum Gasteiger partial charge on any atom is 0.278 e. The largest absolute Gasteiger partial charge is 0.363 e. The van der Waals surface area contributed by atoms with E-state index in [1.54, 1.807) is 40.1 Å². The maximum absolute atomic E-state index is 13.3. The summed E-state index contributed by atoms with van der Waals surface area (Å²) in [6, 6.07) is 16.8. The van der Waals surface area contributed by atoms with Crippen LogP contribution in [0.5, 0.6) is 0 Å². The van der Waals surface area contributed by atoms with Gasteiger partial charge in [0.1, 0.15) is 11.1 Å². The molecule has 2 aliphatic rings. The molecule has 11 nitrogen and oxygen atoms in total. The lowest BCUT2D eigenvalue weighted by Crippen LogP contribution is -2.52. The highest BCUT2D eigenvalue weighted by atomic mass is 16.1. The van der Waals surface area contributed by atoms with Crippen LogP contribution in [-0.2, 0) is 6.54 Å². The lowest BCUT2D eigenvalue weighted by molar-refractivity contribution is 0.265. The summed E-state index contributed by atoms with van der Waals surface area (Å²) < 4.78 is 3.25. The molecule has 6 heterocycles. The number of fused-ring (bicyclic) bond motifs is 3. The smallest absolute Gasteiger partial charge is 0.278 e. The second-order valence-corrected chi connectivity index (χ2v) is 10.6. The Morgan fingerprint density at radius 3 is 2.46 bits per heavy atom. The van der Waals surface area contributed by atoms with E-state index in [-0.39, 0.29) is 12.1 Å². The van der Waals surface area contributed by atoms with Crippen LogP contribution in [0.3, 0.4) is 0 Å². The minimum absolute atomic E-state index is 0.222. The number of benzene rings is 1. The average molecular weight is 547 g/mol. The SMILES string of the molecule is C=CCn1c(=O)c2cnc(Nc3ccc(N4[C@@H]5CC[C@H]4CN(C)C5)cc3)nc2n1-c1cccc(-c2ncccn2)n1. The van der Waals surface area contributed by atoms with Crippen LogP contribution < -0.4 is 15.8 Å². The molecule has 2 saturated heterocycles. The third-order valence-electron chi connectivity index (χ3n) is 7.81. The van der Waals surface area contributed by atoms with Crippen molar-refractivity contribution in [1.29, 1.82) is 0 Å². The van der Waals surface area contributed by atoms with Gasteiger partial charge in [0, 0.05) is 55.1 Å². The predicted octanol–water partition coefficient (Wildman–Crippen LogP) is 3.65. The summed E-state index contributed by atoms with van der Waals surface area (Å²) in [5.41, 5.74) is 2.93. The Bertz CT molecular complexity index is 1770. The van der Waals surface area contributed by atoms with Gasteiger partial charge >= 0.3 is 0 Å². The van der Waals surface area contributed by atoms with E-state index < -0.39 is 0 Å². The van der Waals surface area contributed by atoms with Crippen molar-refractivity contribution in [3.63, 3.8) is 0 Å². The number of aromatic nitrogens is 7. The van der Waals surface area contributed by atoms with Crippen LogP contribution >= 0.6 is 0 Å².